The van der Waals surface area contributed by atoms with Gasteiger partial charge in [-0.3, -0.25) is 0 Å². The Labute approximate surface area is 57.0 Å². The highest BCUT2D eigenvalue weighted by atomic mass is 15.1. The first-order valence-electron chi connectivity index (χ1n) is 3.58. The second-order valence-electron chi connectivity index (χ2n) is 3.55. The molecule has 0 radical (unpaired) electrons. The summed E-state index contributed by atoms with van der Waals surface area (Å²) in [4.78, 5) is 0. The van der Waals surface area contributed by atoms with Crippen LogP contribution in [0.3, 0.4) is 0 Å². The molecule has 0 spiro atoms. The Balaban J connectivity index is 2.35. The van der Waals surface area contributed by atoms with Crippen molar-refractivity contribution in [1.82, 2.24) is 10.6 Å². The summed E-state index contributed by atoms with van der Waals surface area (Å²) in [5.74, 6) is 0. The molecule has 0 amide bonds. The molecule has 1 saturated heterocycles. The number of hydrogen-bond donors (Lipinski definition) is 2. The number of hydrogen-bond acceptors (Lipinski definition) is 2. The van der Waals surface area contributed by atoms with Crippen LogP contribution in [0.1, 0.15) is 20.8 Å². The van der Waals surface area contributed by atoms with Crippen molar-refractivity contribution in [3.05, 3.63) is 0 Å². The van der Waals surface area contributed by atoms with Crippen LogP contribution in [0.25, 0.3) is 0 Å². The lowest BCUT2D eigenvalue weighted by Crippen LogP contribution is -2.58. The Hall–Kier alpha value is -0.0800. The molecule has 0 aliphatic carbocycles. The largest absolute Gasteiger partial charge is 0.311 e. The predicted molar refractivity (Wildman–Crippen MR) is 39.5 cm³/mol. The summed E-state index contributed by atoms with van der Waals surface area (Å²) in [5, 5.41) is 6.86. The predicted octanol–water partition coefficient (Wildman–Crippen LogP) is 0.346. The number of rotatable bonds is 0. The highest BCUT2D eigenvalue weighted by Crippen LogP contribution is 2.04. The van der Waals surface area contributed by atoms with Gasteiger partial charge in [-0.05, 0) is 20.8 Å². The SMILES string of the molecule is C[C@@H]1CNC(C)(C)CN1. The van der Waals surface area contributed by atoms with Crippen molar-refractivity contribution in [2.45, 2.75) is 32.4 Å². The summed E-state index contributed by atoms with van der Waals surface area (Å²) in [5.41, 5.74) is 0.298. The average molecular weight is 128 g/mol. The van der Waals surface area contributed by atoms with Crippen molar-refractivity contribution >= 4 is 0 Å². The standard InChI is InChI=1S/C7H16N2/c1-6-4-9-7(2,3)5-8-6/h6,8-9H,4-5H2,1-3H3/t6-/m1/s1. The molecule has 2 N–H and O–H groups in total. The van der Waals surface area contributed by atoms with Crippen molar-refractivity contribution in [3.63, 3.8) is 0 Å². The first-order valence-corrected chi connectivity index (χ1v) is 3.58. The summed E-state index contributed by atoms with van der Waals surface area (Å²) >= 11 is 0. The Morgan fingerprint density at radius 3 is 2.44 bits per heavy atom. The first-order chi connectivity index (χ1) is 4.10. The maximum atomic E-state index is 3.45. The van der Waals surface area contributed by atoms with Crippen LogP contribution in [-0.4, -0.2) is 24.7 Å². The third-order valence-corrected chi connectivity index (χ3v) is 1.78. The van der Waals surface area contributed by atoms with Crippen molar-refractivity contribution < 1.29 is 0 Å². The van der Waals surface area contributed by atoms with Crippen LogP contribution in [0.5, 0.6) is 0 Å². The van der Waals surface area contributed by atoms with E-state index in [9.17, 15) is 0 Å². The van der Waals surface area contributed by atoms with E-state index in [1.165, 1.54) is 0 Å². The Morgan fingerprint density at radius 2 is 2.11 bits per heavy atom. The summed E-state index contributed by atoms with van der Waals surface area (Å²) in [6.07, 6.45) is 0. The fourth-order valence-electron chi connectivity index (χ4n) is 0.993. The molecule has 1 aliphatic rings. The Morgan fingerprint density at radius 1 is 1.44 bits per heavy atom. The average Bonchev–Trinajstić information content (AvgIpc) is 1.78. The maximum absolute atomic E-state index is 3.45. The minimum Gasteiger partial charge on any atom is -0.311 e. The van der Waals surface area contributed by atoms with Crippen LogP contribution < -0.4 is 10.6 Å². The highest BCUT2D eigenvalue weighted by molar-refractivity contribution is 4.87. The summed E-state index contributed by atoms with van der Waals surface area (Å²) in [7, 11) is 0. The van der Waals surface area contributed by atoms with E-state index >= 15 is 0 Å². The van der Waals surface area contributed by atoms with E-state index in [0.717, 1.165) is 13.1 Å². The minimum absolute atomic E-state index is 0.298. The van der Waals surface area contributed by atoms with E-state index < -0.39 is 0 Å². The smallest absolute Gasteiger partial charge is 0.0250 e. The van der Waals surface area contributed by atoms with Crippen molar-refractivity contribution in [2.75, 3.05) is 13.1 Å². The lowest BCUT2D eigenvalue weighted by molar-refractivity contribution is 0.282. The summed E-state index contributed by atoms with van der Waals surface area (Å²) in [6, 6.07) is 0.637. The quantitative estimate of drug-likeness (QED) is 0.492. The lowest BCUT2D eigenvalue weighted by atomic mass is 10.0. The van der Waals surface area contributed by atoms with Gasteiger partial charge in [-0.2, -0.15) is 0 Å². The van der Waals surface area contributed by atoms with E-state index in [-0.39, 0.29) is 0 Å². The van der Waals surface area contributed by atoms with Gasteiger partial charge < -0.3 is 10.6 Å². The Kier molecular flexibility index (Phi) is 1.78. The van der Waals surface area contributed by atoms with Gasteiger partial charge in [0, 0.05) is 24.7 Å². The molecule has 1 atom stereocenters. The second-order valence-corrected chi connectivity index (χ2v) is 3.55. The normalized spacial score (nSPS) is 34.3. The minimum atomic E-state index is 0.298. The third kappa shape index (κ3) is 1.95. The van der Waals surface area contributed by atoms with E-state index in [0.29, 0.717) is 11.6 Å². The topological polar surface area (TPSA) is 24.1 Å². The molecule has 2 heteroatoms. The van der Waals surface area contributed by atoms with Crippen molar-refractivity contribution in [3.8, 4) is 0 Å². The van der Waals surface area contributed by atoms with Gasteiger partial charge in [0.25, 0.3) is 0 Å². The summed E-state index contributed by atoms with van der Waals surface area (Å²) in [6.45, 7) is 8.79. The van der Waals surface area contributed by atoms with Crippen molar-refractivity contribution in [2.24, 2.45) is 0 Å². The first kappa shape index (κ1) is 7.03. The molecule has 0 unspecified atom stereocenters. The maximum Gasteiger partial charge on any atom is 0.0250 e. The van der Waals surface area contributed by atoms with E-state index in [2.05, 4.69) is 31.4 Å². The molecule has 54 valence electrons. The fourth-order valence-corrected chi connectivity index (χ4v) is 0.993. The molecule has 1 fully saturated rings. The van der Waals surface area contributed by atoms with Gasteiger partial charge in [-0.1, -0.05) is 0 Å². The molecule has 0 saturated carbocycles. The summed E-state index contributed by atoms with van der Waals surface area (Å²) < 4.78 is 0. The molecule has 0 bridgehead atoms. The van der Waals surface area contributed by atoms with Crippen molar-refractivity contribution in [1.29, 1.82) is 0 Å². The van der Waals surface area contributed by atoms with E-state index in [1.807, 2.05) is 0 Å². The fraction of sp³-hybridized carbons (Fsp3) is 1.00. The van der Waals surface area contributed by atoms with Gasteiger partial charge in [0.1, 0.15) is 0 Å². The zero-order valence-corrected chi connectivity index (χ0v) is 6.49. The van der Waals surface area contributed by atoms with E-state index in [4.69, 9.17) is 0 Å². The Bertz CT molecular complexity index is 89.1. The molecule has 0 aromatic heterocycles. The zero-order chi connectivity index (χ0) is 6.91. The van der Waals surface area contributed by atoms with Crippen LogP contribution in [0.15, 0.2) is 0 Å². The molecular formula is C7H16N2. The van der Waals surface area contributed by atoms with Gasteiger partial charge in [-0.25, -0.2) is 0 Å². The molecule has 0 aromatic rings. The number of nitrogens with one attached hydrogen (secondary N) is 2. The zero-order valence-electron chi connectivity index (χ0n) is 6.49. The van der Waals surface area contributed by atoms with Gasteiger partial charge in [-0.15, -0.1) is 0 Å². The number of piperazine rings is 1. The van der Waals surface area contributed by atoms with Crippen LogP contribution in [0.2, 0.25) is 0 Å². The molecule has 0 aromatic carbocycles. The molecule has 1 heterocycles. The van der Waals surface area contributed by atoms with Gasteiger partial charge in [0.2, 0.25) is 0 Å². The molecule has 1 aliphatic heterocycles. The third-order valence-electron chi connectivity index (χ3n) is 1.78. The molecule has 1 rings (SSSR count). The molecule has 2 nitrogen and oxygen atoms in total. The van der Waals surface area contributed by atoms with Crippen LogP contribution in [-0.2, 0) is 0 Å². The molecule has 9 heavy (non-hydrogen) atoms. The van der Waals surface area contributed by atoms with Crippen LogP contribution in [0, 0.1) is 0 Å². The monoisotopic (exact) mass is 128 g/mol. The highest BCUT2D eigenvalue weighted by Gasteiger charge is 2.22. The van der Waals surface area contributed by atoms with Gasteiger partial charge >= 0.3 is 0 Å². The van der Waals surface area contributed by atoms with Gasteiger partial charge in [0.15, 0.2) is 0 Å². The second kappa shape index (κ2) is 2.27. The lowest BCUT2D eigenvalue weighted by Gasteiger charge is -2.35. The van der Waals surface area contributed by atoms with Gasteiger partial charge in [0.05, 0.1) is 0 Å². The van der Waals surface area contributed by atoms with E-state index in [1.54, 1.807) is 0 Å². The van der Waals surface area contributed by atoms with Crippen LogP contribution >= 0.6 is 0 Å². The van der Waals surface area contributed by atoms with Crippen LogP contribution in [0.4, 0.5) is 0 Å². The molecular weight excluding hydrogens is 112 g/mol.